The summed E-state index contributed by atoms with van der Waals surface area (Å²) in [6.45, 7) is 2.14. The van der Waals surface area contributed by atoms with Crippen LogP contribution in [0.1, 0.15) is 18.4 Å². The summed E-state index contributed by atoms with van der Waals surface area (Å²) in [7, 11) is 0. The Balaban J connectivity index is 1.58. The van der Waals surface area contributed by atoms with Crippen LogP contribution >= 0.6 is 23.2 Å². The highest BCUT2D eigenvalue weighted by Gasteiger charge is 2.20. The van der Waals surface area contributed by atoms with Crippen molar-refractivity contribution in [1.29, 1.82) is 0 Å². The van der Waals surface area contributed by atoms with Gasteiger partial charge < -0.3 is 4.90 Å². The molecule has 0 spiro atoms. The summed E-state index contributed by atoms with van der Waals surface area (Å²) in [5, 5.41) is 1.25. The maximum Gasteiger partial charge on any atom is 0.0612 e. The maximum atomic E-state index is 6.10. The quantitative estimate of drug-likeness (QED) is 0.803. The minimum absolute atomic E-state index is 0.617. The molecule has 1 aliphatic rings. The number of nitrogens with zero attached hydrogens (tertiary/aromatic N) is 2. The first-order valence-corrected chi connectivity index (χ1v) is 8.07. The Hall–Kier alpha value is -1.25. The molecule has 110 valence electrons. The monoisotopic (exact) mass is 320 g/mol. The molecule has 0 N–H and O–H groups in total. The summed E-state index contributed by atoms with van der Waals surface area (Å²) in [5.74, 6) is 0.744. The fourth-order valence-electron chi connectivity index (χ4n) is 2.93. The zero-order valence-corrected chi connectivity index (χ0v) is 13.3. The van der Waals surface area contributed by atoms with E-state index in [0.717, 1.165) is 25.4 Å². The van der Waals surface area contributed by atoms with Gasteiger partial charge in [-0.1, -0.05) is 29.3 Å². The van der Waals surface area contributed by atoms with E-state index in [9.17, 15) is 0 Å². The predicted molar refractivity (Wildman–Crippen MR) is 89.3 cm³/mol. The molecule has 2 heterocycles. The van der Waals surface area contributed by atoms with E-state index in [0.29, 0.717) is 10.0 Å². The second-order valence-corrected chi connectivity index (χ2v) is 6.41. The molecule has 0 amide bonds. The highest BCUT2D eigenvalue weighted by Crippen LogP contribution is 2.30. The van der Waals surface area contributed by atoms with Gasteiger partial charge in [0, 0.05) is 31.2 Å². The van der Waals surface area contributed by atoms with Gasteiger partial charge in [0.15, 0.2) is 0 Å². The zero-order valence-electron chi connectivity index (χ0n) is 11.8. The predicted octanol–water partition coefficient (Wildman–Crippen LogP) is 4.85. The molecule has 2 aromatic rings. The van der Waals surface area contributed by atoms with Crippen molar-refractivity contribution in [3.05, 3.63) is 58.3 Å². The van der Waals surface area contributed by atoms with Crippen LogP contribution in [0, 0.1) is 5.92 Å². The van der Waals surface area contributed by atoms with Crippen LogP contribution in [0.5, 0.6) is 0 Å². The van der Waals surface area contributed by atoms with E-state index in [1.165, 1.54) is 24.1 Å². The molecule has 1 saturated heterocycles. The van der Waals surface area contributed by atoms with Gasteiger partial charge in [0.1, 0.15) is 0 Å². The Bertz CT molecular complexity index is 593. The van der Waals surface area contributed by atoms with Crippen molar-refractivity contribution < 1.29 is 0 Å². The molecule has 1 aromatic heterocycles. The Labute approximate surface area is 135 Å². The molecule has 1 aromatic carbocycles. The first-order valence-electron chi connectivity index (χ1n) is 7.31. The smallest absolute Gasteiger partial charge is 0.0612 e. The SMILES string of the molecule is Clc1ccc(N2CCC(Cc3cccnc3)CC2)cc1Cl. The van der Waals surface area contributed by atoms with E-state index in [-0.39, 0.29) is 0 Å². The average Bonchev–Trinajstić information content (AvgIpc) is 2.52. The van der Waals surface area contributed by atoms with Crippen molar-refractivity contribution >= 4 is 28.9 Å². The number of anilines is 1. The van der Waals surface area contributed by atoms with E-state index in [4.69, 9.17) is 23.2 Å². The second-order valence-electron chi connectivity index (χ2n) is 5.59. The summed E-state index contributed by atoms with van der Waals surface area (Å²) in [6.07, 6.45) is 7.34. The molecule has 0 unspecified atom stereocenters. The molecule has 1 fully saturated rings. The topological polar surface area (TPSA) is 16.1 Å². The number of aromatic nitrogens is 1. The van der Waals surface area contributed by atoms with E-state index >= 15 is 0 Å². The van der Waals surface area contributed by atoms with Gasteiger partial charge in [-0.15, -0.1) is 0 Å². The fourth-order valence-corrected chi connectivity index (χ4v) is 3.22. The minimum Gasteiger partial charge on any atom is -0.371 e. The van der Waals surface area contributed by atoms with E-state index in [1.807, 2.05) is 30.6 Å². The summed E-state index contributed by atoms with van der Waals surface area (Å²) in [5.41, 5.74) is 2.51. The minimum atomic E-state index is 0.617. The molecule has 0 aliphatic carbocycles. The largest absolute Gasteiger partial charge is 0.371 e. The van der Waals surface area contributed by atoms with Crippen LogP contribution in [-0.4, -0.2) is 18.1 Å². The van der Waals surface area contributed by atoms with Gasteiger partial charge in [0.2, 0.25) is 0 Å². The molecule has 0 saturated carbocycles. The number of hydrogen-bond donors (Lipinski definition) is 0. The van der Waals surface area contributed by atoms with Crippen molar-refractivity contribution in [3.8, 4) is 0 Å². The first-order chi connectivity index (χ1) is 10.2. The van der Waals surface area contributed by atoms with Crippen LogP contribution in [0.2, 0.25) is 10.0 Å². The number of benzene rings is 1. The highest BCUT2D eigenvalue weighted by atomic mass is 35.5. The molecular weight excluding hydrogens is 303 g/mol. The van der Waals surface area contributed by atoms with Crippen LogP contribution in [-0.2, 0) is 6.42 Å². The summed E-state index contributed by atoms with van der Waals surface area (Å²) in [4.78, 5) is 6.58. The van der Waals surface area contributed by atoms with Crippen LogP contribution in [0.25, 0.3) is 0 Å². The third kappa shape index (κ3) is 3.69. The number of rotatable bonds is 3. The van der Waals surface area contributed by atoms with Crippen molar-refractivity contribution in [2.75, 3.05) is 18.0 Å². The van der Waals surface area contributed by atoms with Gasteiger partial charge in [-0.25, -0.2) is 0 Å². The molecule has 2 nitrogen and oxygen atoms in total. The third-order valence-corrected chi connectivity index (χ3v) is 4.87. The van der Waals surface area contributed by atoms with Gasteiger partial charge in [-0.2, -0.15) is 0 Å². The molecular formula is C17H18Cl2N2. The molecule has 21 heavy (non-hydrogen) atoms. The number of pyridine rings is 1. The molecule has 0 atom stereocenters. The first kappa shape index (κ1) is 14.7. The second kappa shape index (κ2) is 6.67. The molecule has 0 radical (unpaired) electrons. The van der Waals surface area contributed by atoms with Crippen LogP contribution in [0.4, 0.5) is 5.69 Å². The van der Waals surface area contributed by atoms with Crippen LogP contribution < -0.4 is 4.90 Å². The molecule has 0 bridgehead atoms. The van der Waals surface area contributed by atoms with E-state index in [1.54, 1.807) is 0 Å². The lowest BCUT2D eigenvalue weighted by Gasteiger charge is -2.33. The summed E-state index contributed by atoms with van der Waals surface area (Å²) < 4.78 is 0. The Morgan fingerprint density at radius 3 is 2.57 bits per heavy atom. The normalized spacial score (nSPS) is 16.2. The van der Waals surface area contributed by atoms with Crippen molar-refractivity contribution in [3.63, 3.8) is 0 Å². The van der Waals surface area contributed by atoms with Crippen LogP contribution in [0.3, 0.4) is 0 Å². The lowest BCUT2D eigenvalue weighted by molar-refractivity contribution is 0.403. The standard InChI is InChI=1S/C17H18Cl2N2/c18-16-4-3-15(11-17(16)19)21-8-5-13(6-9-21)10-14-2-1-7-20-12-14/h1-4,7,11-13H,5-6,8-10H2. The van der Waals surface area contributed by atoms with E-state index < -0.39 is 0 Å². The highest BCUT2D eigenvalue weighted by molar-refractivity contribution is 6.42. The number of halogens is 2. The van der Waals surface area contributed by atoms with Gasteiger partial charge in [0.05, 0.1) is 10.0 Å². The lowest BCUT2D eigenvalue weighted by atomic mass is 9.90. The maximum absolute atomic E-state index is 6.10. The molecule has 1 aliphatic heterocycles. The lowest BCUT2D eigenvalue weighted by Crippen LogP contribution is -2.34. The molecule has 3 rings (SSSR count). The van der Waals surface area contributed by atoms with Gasteiger partial charge in [0.25, 0.3) is 0 Å². The van der Waals surface area contributed by atoms with Gasteiger partial charge in [-0.05, 0) is 55.0 Å². The Morgan fingerprint density at radius 2 is 1.90 bits per heavy atom. The van der Waals surface area contributed by atoms with Gasteiger partial charge >= 0.3 is 0 Å². The zero-order chi connectivity index (χ0) is 14.7. The summed E-state index contributed by atoms with van der Waals surface area (Å²) in [6, 6.07) is 10.1. The number of piperidine rings is 1. The fraction of sp³-hybridized carbons (Fsp3) is 0.353. The average molecular weight is 321 g/mol. The molecule has 4 heteroatoms. The summed E-state index contributed by atoms with van der Waals surface area (Å²) >= 11 is 12.1. The van der Waals surface area contributed by atoms with Gasteiger partial charge in [-0.3, -0.25) is 4.98 Å². The van der Waals surface area contributed by atoms with Crippen molar-refractivity contribution in [2.45, 2.75) is 19.3 Å². The van der Waals surface area contributed by atoms with Crippen molar-refractivity contribution in [1.82, 2.24) is 4.98 Å². The Morgan fingerprint density at radius 1 is 1.10 bits per heavy atom. The number of hydrogen-bond acceptors (Lipinski definition) is 2. The Kier molecular flexibility index (Phi) is 4.67. The third-order valence-electron chi connectivity index (χ3n) is 4.13. The van der Waals surface area contributed by atoms with Crippen LogP contribution in [0.15, 0.2) is 42.7 Å². The van der Waals surface area contributed by atoms with E-state index in [2.05, 4.69) is 22.0 Å². The van der Waals surface area contributed by atoms with Crippen molar-refractivity contribution in [2.24, 2.45) is 5.92 Å².